The van der Waals surface area contributed by atoms with Crippen LogP contribution in [0.5, 0.6) is 0 Å². The van der Waals surface area contributed by atoms with Crippen molar-refractivity contribution in [3.63, 3.8) is 0 Å². The molecule has 3 atom stereocenters. The van der Waals surface area contributed by atoms with E-state index in [-0.39, 0.29) is 17.5 Å². The van der Waals surface area contributed by atoms with Gasteiger partial charge >= 0.3 is 0 Å². The lowest BCUT2D eigenvalue weighted by Crippen LogP contribution is -2.38. The van der Waals surface area contributed by atoms with Crippen molar-refractivity contribution in [3.8, 4) is 0 Å². The molecule has 0 heterocycles. The van der Waals surface area contributed by atoms with Crippen molar-refractivity contribution < 1.29 is 13.5 Å². The molecule has 2 aliphatic carbocycles. The average molecular weight is 374 g/mol. The summed E-state index contributed by atoms with van der Waals surface area (Å²) in [5, 5.41) is 9.28. The summed E-state index contributed by atoms with van der Waals surface area (Å²) in [4.78, 5) is 0.231. The lowest BCUT2D eigenvalue weighted by atomic mass is 9.96. The molecular formula is C15H20BrNO3S. The molecule has 2 aliphatic rings. The number of fused-ring (bicyclic) bond motifs is 2. The Balaban J connectivity index is 1.89. The third-order valence-corrected chi connectivity index (χ3v) is 7.63. The molecule has 2 saturated carbocycles. The van der Waals surface area contributed by atoms with Gasteiger partial charge in [-0.1, -0.05) is 12.5 Å². The van der Waals surface area contributed by atoms with Gasteiger partial charge in [0.05, 0.1) is 11.5 Å². The van der Waals surface area contributed by atoms with Crippen molar-refractivity contribution in [1.29, 1.82) is 0 Å². The topological polar surface area (TPSA) is 66.4 Å². The third-order valence-electron chi connectivity index (χ3n) is 4.80. The number of hydrogen-bond donors (Lipinski definition) is 2. The monoisotopic (exact) mass is 373 g/mol. The Labute approximate surface area is 134 Å². The molecule has 1 aromatic rings. The normalized spacial score (nSPS) is 28.2. The number of rotatable bonds is 4. The summed E-state index contributed by atoms with van der Waals surface area (Å²) in [7, 11) is -3.56. The smallest absolute Gasteiger partial charge is 0.241 e. The highest BCUT2D eigenvalue weighted by molar-refractivity contribution is 9.10. The van der Waals surface area contributed by atoms with Gasteiger partial charge in [-0.3, -0.25) is 0 Å². The number of aryl methyl sites for hydroxylation is 1. The third kappa shape index (κ3) is 2.91. The first kappa shape index (κ1) is 15.5. The highest BCUT2D eigenvalue weighted by atomic mass is 79.9. The van der Waals surface area contributed by atoms with Gasteiger partial charge in [0.15, 0.2) is 0 Å². The fourth-order valence-corrected chi connectivity index (χ4v) is 6.13. The van der Waals surface area contributed by atoms with Crippen LogP contribution in [-0.4, -0.2) is 19.6 Å². The molecule has 116 valence electrons. The lowest BCUT2D eigenvalue weighted by Gasteiger charge is -2.23. The molecular weight excluding hydrogens is 354 g/mol. The van der Waals surface area contributed by atoms with E-state index in [0.29, 0.717) is 21.9 Å². The van der Waals surface area contributed by atoms with E-state index < -0.39 is 10.0 Å². The van der Waals surface area contributed by atoms with Crippen LogP contribution in [0.15, 0.2) is 21.5 Å². The van der Waals surface area contributed by atoms with Crippen LogP contribution in [0.2, 0.25) is 0 Å². The zero-order chi connectivity index (χ0) is 15.2. The summed E-state index contributed by atoms with van der Waals surface area (Å²) in [6.07, 6.45) is 4.49. The van der Waals surface area contributed by atoms with Crippen LogP contribution in [0.4, 0.5) is 0 Å². The second kappa shape index (κ2) is 5.65. The zero-order valence-electron chi connectivity index (χ0n) is 12.0. The van der Waals surface area contributed by atoms with Crippen LogP contribution in [0.25, 0.3) is 0 Å². The molecule has 0 amide bonds. The van der Waals surface area contributed by atoms with E-state index in [4.69, 9.17) is 0 Å². The fourth-order valence-electron chi connectivity index (χ4n) is 3.75. The summed E-state index contributed by atoms with van der Waals surface area (Å²) in [6.45, 7) is 1.67. The van der Waals surface area contributed by atoms with E-state index in [1.807, 2.05) is 6.92 Å². The second-order valence-corrected chi connectivity index (χ2v) is 8.76. The lowest BCUT2D eigenvalue weighted by molar-refractivity contribution is 0.281. The van der Waals surface area contributed by atoms with Gasteiger partial charge < -0.3 is 5.11 Å². The molecule has 2 N–H and O–H groups in total. The van der Waals surface area contributed by atoms with Gasteiger partial charge in [-0.2, -0.15) is 0 Å². The molecule has 2 fully saturated rings. The van der Waals surface area contributed by atoms with Gasteiger partial charge in [0.2, 0.25) is 10.0 Å². The molecule has 0 saturated heterocycles. The van der Waals surface area contributed by atoms with Gasteiger partial charge in [0.1, 0.15) is 0 Å². The maximum atomic E-state index is 12.7. The molecule has 21 heavy (non-hydrogen) atoms. The van der Waals surface area contributed by atoms with Gasteiger partial charge in [0, 0.05) is 10.5 Å². The highest BCUT2D eigenvalue weighted by Crippen LogP contribution is 2.45. The predicted octanol–water partition coefficient (Wildman–Crippen LogP) is 2.72. The van der Waals surface area contributed by atoms with E-state index >= 15 is 0 Å². The molecule has 3 unspecified atom stereocenters. The maximum Gasteiger partial charge on any atom is 0.241 e. The van der Waals surface area contributed by atoms with Crippen molar-refractivity contribution in [2.75, 3.05) is 0 Å². The first-order valence-electron chi connectivity index (χ1n) is 7.33. The molecule has 0 aromatic heterocycles. The van der Waals surface area contributed by atoms with Crippen molar-refractivity contribution in [1.82, 2.24) is 4.72 Å². The quantitative estimate of drug-likeness (QED) is 0.852. The number of nitrogens with one attached hydrogen (secondary N) is 1. The molecule has 0 spiro atoms. The number of sulfonamides is 1. The predicted molar refractivity (Wildman–Crippen MR) is 84.4 cm³/mol. The summed E-state index contributed by atoms with van der Waals surface area (Å²) in [5.74, 6) is 1.18. The molecule has 4 nitrogen and oxygen atoms in total. The van der Waals surface area contributed by atoms with E-state index in [0.717, 1.165) is 24.8 Å². The van der Waals surface area contributed by atoms with Crippen molar-refractivity contribution in [2.45, 2.75) is 50.2 Å². The van der Waals surface area contributed by atoms with Gasteiger partial charge in [0.25, 0.3) is 0 Å². The first-order valence-corrected chi connectivity index (χ1v) is 9.60. The molecule has 3 rings (SSSR count). The van der Waals surface area contributed by atoms with Gasteiger partial charge in [-0.25, -0.2) is 13.1 Å². The molecule has 0 aliphatic heterocycles. The Morgan fingerprint density at radius 2 is 2.10 bits per heavy atom. The van der Waals surface area contributed by atoms with Crippen molar-refractivity contribution in [2.24, 2.45) is 11.8 Å². The largest absolute Gasteiger partial charge is 0.392 e. The first-order chi connectivity index (χ1) is 9.90. The minimum absolute atomic E-state index is 0.0683. The standard InChI is InChI=1S/C15H20BrNO3S/c1-9-4-11(8-18)7-14(15(9)16)21(19,20)17-13-6-10-2-3-12(13)5-10/h4,7,10,12-13,17-18H,2-3,5-6,8H2,1H3. The average Bonchev–Trinajstić information content (AvgIpc) is 3.03. The van der Waals surface area contributed by atoms with Crippen molar-refractivity contribution in [3.05, 3.63) is 27.7 Å². The van der Waals surface area contributed by atoms with Crippen LogP contribution < -0.4 is 4.72 Å². The molecule has 1 aromatic carbocycles. The van der Waals surface area contributed by atoms with E-state index in [1.54, 1.807) is 12.1 Å². The van der Waals surface area contributed by atoms with E-state index in [2.05, 4.69) is 20.7 Å². The van der Waals surface area contributed by atoms with Crippen molar-refractivity contribution >= 4 is 26.0 Å². The molecule has 0 radical (unpaired) electrons. The van der Waals surface area contributed by atoms with Crippen LogP contribution in [-0.2, 0) is 16.6 Å². The van der Waals surface area contributed by atoms with Crippen LogP contribution in [0, 0.1) is 18.8 Å². The minimum Gasteiger partial charge on any atom is -0.392 e. The highest BCUT2D eigenvalue weighted by Gasteiger charge is 2.41. The number of hydrogen-bond acceptors (Lipinski definition) is 3. The summed E-state index contributed by atoms with van der Waals surface area (Å²) < 4.78 is 28.8. The Hall–Kier alpha value is -0.430. The number of aliphatic hydroxyl groups is 1. The Kier molecular flexibility index (Phi) is 4.16. The second-order valence-electron chi connectivity index (χ2n) is 6.29. The summed E-state index contributed by atoms with van der Waals surface area (Å²) in [5.41, 5.74) is 1.43. The number of halogens is 1. The van der Waals surface area contributed by atoms with Crippen LogP contribution in [0.3, 0.4) is 0 Å². The maximum absolute atomic E-state index is 12.7. The Bertz CT molecular complexity index is 659. The number of aliphatic hydroxyl groups excluding tert-OH is 1. The molecule has 2 bridgehead atoms. The van der Waals surface area contributed by atoms with Crippen LogP contribution >= 0.6 is 15.9 Å². The Morgan fingerprint density at radius 1 is 1.33 bits per heavy atom. The zero-order valence-corrected chi connectivity index (χ0v) is 14.4. The van der Waals surface area contributed by atoms with Gasteiger partial charge in [-0.05, 0) is 71.1 Å². The van der Waals surface area contributed by atoms with Gasteiger partial charge in [-0.15, -0.1) is 0 Å². The van der Waals surface area contributed by atoms with E-state index in [1.165, 1.54) is 6.42 Å². The minimum atomic E-state index is -3.56. The Morgan fingerprint density at radius 3 is 2.67 bits per heavy atom. The number of benzene rings is 1. The SMILES string of the molecule is Cc1cc(CO)cc(S(=O)(=O)NC2CC3CCC2C3)c1Br. The summed E-state index contributed by atoms with van der Waals surface area (Å²) in [6, 6.07) is 3.41. The van der Waals surface area contributed by atoms with E-state index in [9.17, 15) is 13.5 Å². The fraction of sp³-hybridized carbons (Fsp3) is 0.600. The van der Waals surface area contributed by atoms with Crippen LogP contribution in [0.1, 0.15) is 36.8 Å². The molecule has 6 heteroatoms. The summed E-state index contributed by atoms with van der Waals surface area (Å²) >= 11 is 3.37.